The van der Waals surface area contributed by atoms with Crippen LogP contribution in [-0.4, -0.2) is 29.9 Å². The highest BCUT2D eigenvalue weighted by Crippen LogP contribution is 2.37. The fraction of sp³-hybridized carbons (Fsp3) is 0.533. The zero-order valence-corrected chi connectivity index (χ0v) is 12.8. The molecule has 2 unspecified atom stereocenters. The summed E-state index contributed by atoms with van der Waals surface area (Å²) < 4.78 is 13.3. The summed E-state index contributed by atoms with van der Waals surface area (Å²) in [6.45, 7) is 5.61. The van der Waals surface area contributed by atoms with Crippen molar-refractivity contribution in [3.05, 3.63) is 24.0 Å². The molecule has 0 N–H and O–H groups in total. The van der Waals surface area contributed by atoms with Gasteiger partial charge in [-0.15, -0.1) is 11.6 Å². The lowest BCUT2D eigenvalue weighted by Gasteiger charge is -2.27. The highest BCUT2D eigenvalue weighted by atomic mass is 35.5. The average Bonchev–Trinajstić information content (AvgIpc) is 3.02. The monoisotopic (exact) mass is 294 g/mol. The molecule has 1 aliphatic heterocycles. The zero-order valence-electron chi connectivity index (χ0n) is 12.0. The smallest absolute Gasteiger partial charge is 0.146 e. The van der Waals surface area contributed by atoms with Crippen LogP contribution in [0.4, 0.5) is 0 Å². The Balaban J connectivity index is 2.30. The van der Waals surface area contributed by atoms with Gasteiger partial charge in [-0.05, 0) is 32.4 Å². The Morgan fingerprint density at radius 3 is 2.90 bits per heavy atom. The average molecular weight is 295 g/mol. The molecule has 1 aromatic heterocycles. The van der Waals surface area contributed by atoms with Crippen molar-refractivity contribution in [3.63, 3.8) is 0 Å². The van der Waals surface area contributed by atoms with Gasteiger partial charge in [-0.1, -0.05) is 6.07 Å². The van der Waals surface area contributed by atoms with E-state index < -0.39 is 0 Å². The number of para-hydroxylation sites is 1. The second kappa shape index (κ2) is 4.93. The number of halogens is 1. The molecule has 2 aromatic rings. The van der Waals surface area contributed by atoms with Crippen LogP contribution in [0.2, 0.25) is 0 Å². The first-order valence-electron chi connectivity index (χ1n) is 6.84. The molecule has 1 aliphatic rings. The first kappa shape index (κ1) is 13.7. The molecule has 20 heavy (non-hydrogen) atoms. The van der Waals surface area contributed by atoms with Crippen LogP contribution >= 0.6 is 11.6 Å². The summed E-state index contributed by atoms with van der Waals surface area (Å²) in [5.74, 6) is 1.65. The van der Waals surface area contributed by atoms with Gasteiger partial charge in [0.25, 0.3) is 0 Å². The molecule has 0 spiro atoms. The van der Waals surface area contributed by atoms with Gasteiger partial charge >= 0.3 is 0 Å². The van der Waals surface area contributed by atoms with Crippen LogP contribution in [0.3, 0.4) is 0 Å². The van der Waals surface area contributed by atoms with E-state index in [0.717, 1.165) is 35.6 Å². The van der Waals surface area contributed by atoms with E-state index >= 15 is 0 Å². The summed E-state index contributed by atoms with van der Waals surface area (Å²) >= 11 is 6.35. The first-order chi connectivity index (χ1) is 9.57. The summed E-state index contributed by atoms with van der Waals surface area (Å²) in [5.41, 5.74) is 1.82. The number of alkyl halides is 1. The van der Waals surface area contributed by atoms with Crippen molar-refractivity contribution in [1.29, 1.82) is 0 Å². The minimum Gasteiger partial charge on any atom is -0.494 e. The van der Waals surface area contributed by atoms with E-state index in [1.807, 2.05) is 19.1 Å². The molecule has 2 heterocycles. The second-order valence-corrected chi connectivity index (χ2v) is 6.20. The van der Waals surface area contributed by atoms with E-state index in [9.17, 15) is 0 Å². The summed E-state index contributed by atoms with van der Waals surface area (Å²) in [6, 6.07) is 5.98. The van der Waals surface area contributed by atoms with Gasteiger partial charge in [-0.2, -0.15) is 0 Å². The molecule has 0 bridgehead atoms. The first-order valence-corrected chi connectivity index (χ1v) is 7.28. The lowest BCUT2D eigenvalue weighted by atomic mass is 10.0. The molecule has 3 rings (SSSR count). The fourth-order valence-electron chi connectivity index (χ4n) is 2.92. The van der Waals surface area contributed by atoms with E-state index in [1.165, 1.54) is 0 Å². The van der Waals surface area contributed by atoms with Gasteiger partial charge in [-0.3, -0.25) is 0 Å². The summed E-state index contributed by atoms with van der Waals surface area (Å²) in [6.07, 6.45) is 0.965. The number of nitrogens with zero attached hydrogens (tertiary/aromatic N) is 2. The number of hydrogen-bond donors (Lipinski definition) is 0. The van der Waals surface area contributed by atoms with Crippen LogP contribution in [0, 0.1) is 0 Å². The van der Waals surface area contributed by atoms with E-state index in [2.05, 4.69) is 17.6 Å². The minimum atomic E-state index is -0.162. The van der Waals surface area contributed by atoms with Crippen LogP contribution < -0.4 is 4.74 Å². The van der Waals surface area contributed by atoms with Crippen molar-refractivity contribution >= 4 is 22.6 Å². The van der Waals surface area contributed by atoms with E-state index in [1.54, 1.807) is 7.11 Å². The van der Waals surface area contributed by atoms with Crippen LogP contribution in [-0.2, 0) is 10.3 Å². The SMILES string of the molecule is COc1cccc2c1nc(C(C)Cl)n2C1(C)CCOC1. The van der Waals surface area contributed by atoms with Crippen LogP contribution in [0.1, 0.15) is 31.5 Å². The van der Waals surface area contributed by atoms with Crippen molar-refractivity contribution in [2.45, 2.75) is 31.2 Å². The third-order valence-electron chi connectivity index (χ3n) is 3.99. The van der Waals surface area contributed by atoms with Crippen molar-refractivity contribution in [2.24, 2.45) is 0 Å². The Hall–Kier alpha value is -1.26. The maximum atomic E-state index is 6.35. The minimum absolute atomic E-state index is 0.0976. The topological polar surface area (TPSA) is 36.3 Å². The third kappa shape index (κ3) is 1.98. The molecular weight excluding hydrogens is 276 g/mol. The number of benzene rings is 1. The number of ether oxygens (including phenoxy) is 2. The fourth-order valence-corrected chi connectivity index (χ4v) is 3.07. The number of imidazole rings is 1. The number of aromatic nitrogens is 2. The maximum absolute atomic E-state index is 6.35. The number of fused-ring (bicyclic) bond motifs is 1. The van der Waals surface area contributed by atoms with Gasteiger partial charge in [0.2, 0.25) is 0 Å². The summed E-state index contributed by atoms with van der Waals surface area (Å²) in [4.78, 5) is 4.72. The van der Waals surface area contributed by atoms with Gasteiger partial charge in [0.05, 0.1) is 30.1 Å². The van der Waals surface area contributed by atoms with E-state index in [-0.39, 0.29) is 10.9 Å². The van der Waals surface area contributed by atoms with Crippen LogP contribution in [0.5, 0.6) is 5.75 Å². The number of hydrogen-bond acceptors (Lipinski definition) is 3. The number of rotatable bonds is 3. The van der Waals surface area contributed by atoms with Gasteiger partial charge in [0.1, 0.15) is 17.1 Å². The molecule has 0 amide bonds. The lowest BCUT2D eigenvalue weighted by molar-refractivity contribution is 0.162. The molecule has 0 radical (unpaired) electrons. The molecule has 1 fully saturated rings. The molecular formula is C15H19ClN2O2. The van der Waals surface area contributed by atoms with Crippen molar-refractivity contribution in [3.8, 4) is 5.75 Å². The molecule has 1 aromatic carbocycles. The lowest BCUT2D eigenvalue weighted by Crippen LogP contribution is -2.32. The van der Waals surface area contributed by atoms with Crippen molar-refractivity contribution < 1.29 is 9.47 Å². The molecule has 0 aliphatic carbocycles. The molecule has 0 saturated carbocycles. The molecule has 2 atom stereocenters. The summed E-state index contributed by atoms with van der Waals surface area (Å²) in [7, 11) is 1.66. The zero-order chi connectivity index (χ0) is 14.3. The normalized spacial score (nSPS) is 24.2. The van der Waals surface area contributed by atoms with Gasteiger partial charge in [-0.25, -0.2) is 4.98 Å². The van der Waals surface area contributed by atoms with E-state index in [4.69, 9.17) is 26.1 Å². The molecule has 5 heteroatoms. The second-order valence-electron chi connectivity index (χ2n) is 5.55. The van der Waals surface area contributed by atoms with Gasteiger partial charge in [0, 0.05) is 6.61 Å². The van der Waals surface area contributed by atoms with Crippen LogP contribution in [0.15, 0.2) is 18.2 Å². The highest BCUT2D eigenvalue weighted by Gasteiger charge is 2.36. The van der Waals surface area contributed by atoms with Gasteiger partial charge < -0.3 is 14.0 Å². The Kier molecular flexibility index (Phi) is 3.38. The summed E-state index contributed by atoms with van der Waals surface area (Å²) in [5, 5.41) is -0.162. The van der Waals surface area contributed by atoms with Crippen molar-refractivity contribution in [2.75, 3.05) is 20.3 Å². The standard InChI is InChI=1S/C15H19ClN2O2/c1-10(16)14-17-13-11(5-4-6-12(13)19-3)18(14)15(2)7-8-20-9-15/h4-6,10H,7-9H2,1-3H3. The highest BCUT2D eigenvalue weighted by molar-refractivity contribution is 6.20. The number of methoxy groups -OCH3 is 1. The predicted octanol–water partition coefficient (Wildman–Crippen LogP) is 3.48. The Bertz CT molecular complexity index is 630. The van der Waals surface area contributed by atoms with Gasteiger partial charge in [0.15, 0.2) is 0 Å². The van der Waals surface area contributed by atoms with Crippen molar-refractivity contribution in [1.82, 2.24) is 9.55 Å². The molecule has 1 saturated heterocycles. The third-order valence-corrected chi connectivity index (χ3v) is 4.18. The van der Waals surface area contributed by atoms with Crippen LogP contribution in [0.25, 0.3) is 11.0 Å². The molecule has 108 valence electrons. The Labute approximate surface area is 123 Å². The predicted molar refractivity (Wildman–Crippen MR) is 79.6 cm³/mol. The van der Waals surface area contributed by atoms with E-state index in [0.29, 0.717) is 6.61 Å². The largest absolute Gasteiger partial charge is 0.494 e. The maximum Gasteiger partial charge on any atom is 0.146 e. The Morgan fingerprint density at radius 2 is 2.30 bits per heavy atom. The quantitative estimate of drug-likeness (QED) is 0.813. The Morgan fingerprint density at radius 1 is 1.50 bits per heavy atom. The molecule has 4 nitrogen and oxygen atoms in total.